The molecule has 0 bridgehead atoms. The van der Waals surface area contributed by atoms with Gasteiger partial charge >= 0.3 is 5.97 Å². The second kappa shape index (κ2) is 4.41. The highest BCUT2D eigenvalue weighted by Crippen LogP contribution is 2.26. The molecule has 0 aliphatic rings. The van der Waals surface area contributed by atoms with Crippen LogP contribution in [0.4, 0.5) is 8.78 Å². The summed E-state index contributed by atoms with van der Waals surface area (Å²) in [6.45, 7) is 0. The van der Waals surface area contributed by atoms with E-state index in [-0.39, 0.29) is 22.2 Å². The number of hydrogen-bond donors (Lipinski definition) is 1. The summed E-state index contributed by atoms with van der Waals surface area (Å²) in [5, 5.41) is 9.22. The average Bonchev–Trinajstić information content (AvgIpc) is 2.92. The molecule has 0 aliphatic carbocycles. The van der Waals surface area contributed by atoms with E-state index in [9.17, 15) is 18.7 Å². The SMILES string of the molecule is O=C(O)c1cc(-c2ccco2)nc2cc(F)c(F)cc12. The number of carboxylic acid groups (broad SMARTS) is 1. The minimum absolute atomic E-state index is 0.0340. The zero-order chi connectivity index (χ0) is 14.3. The first-order valence-corrected chi connectivity index (χ1v) is 5.63. The van der Waals surface area contributed by atoms with E-state index in [0.29, 0.717) is 5.76 Å². The Kier molecular flexibility index (Phi) is 2.71. The quantitative estimate of drug-likeness (QED) is 0.777. The van der Waals surface area contributed by atoms with Crippen molar-refractivity contribution in [3.8, 4) is 11.5 Å². The van der Waals surface area contributed by atoms with Gasteiger partial charge in [-0.1, -0.05) is 0 Å². The number of benzene rings is 1. The van der Waals surface area contributed by atoms with Crippen molar-refractivity contribution in [1.82, 2.24) is 4.98 Å². The van der Waals surface area contributed by atoms with Crippen LogP contribution in [0.5, 0.6) is 0 Å². The number of carbonyl (C=O) groups is 1. The summed E-state index contributed by atoms with van der Waals surface area (Å²) in [6, 6.07) is 6.17. The van der Waals surface area contributed by atoms with Gasteiger partial charge in [-0.25, -0.2) is 18.6 Å². The number of carboxylic acids is 1. The summed E-state index contributed by atoms with van der Waals surface area (Å²) < 4.78 is 31.7. The molecule has 3 aromatic rings. The van der Waals surface area contributed by atoms with E-state index in [1.54, 1.807) is 12.1 Å². The monoisotopic (exact) mass is 275 g/mol. The molecule has 0 aliphatic heterocycles. The van der Waals surface area contributed by atoms with Crippen LogP contribution >= 0.6 is 0 Å². The predicted molar refractivity (Wildman–Crippen MR) is 66.3 cm³/mol. The minimum Gasteiger partial charge on any atom is -0.478 e. The van der Waals surface area contributed by atoms with Crippen LogP contribution in [0.25, 0.3) is 22.4 Å². The van der Waals surface area contributed by atoms with Gasteiger partial charge in [0.15, 0.2) is 17.4 Å². The number of nitrogens with zero attached hydrogens (tertiary/aromatic N) is 1. The minimum atomic E-state index is -1.25. The molecule has 1 N–H and O–H groups in total. The zero-order valence-electron chi connectivity index (χ0n) is 9.93. The van der Waals surface area contributed by atoms with Gasteiger partial charge in [-0.2, -0.15) is 0 Å². The molecule has 20 heavy (non-hydrogen) atoms. The summed E-state index contributed by atoms with van der Waals surface area (Å²) in [5.41, 5.74) is 0.126. The Balaban J connectivity index is 2.36. The first-order valence-electron chi connectivity index (χ1n) is 5.63. The molecule has 4 nitrogen and oxygen atoms in total. The van der Waals surface area contributed by atoms with Crippen molar-refractivity contribution in [3.05, 3.63) is 53.8 Å². The Bertz CT molecular complexity index is 813. The van der Waals surface area contributed by atoms with Gasteiger partial charge < -0.3 is 9.52 Å². The Morgan fingerprint density at radius 1 is 1.20 bits per heavy atom. The number of furan rings is 1. The van der Waals surface area contributed by atoms with E-state index in [4.69, 9.17) is 4.42 Å². The summed E-state index contributed by atoms with van der Waals surface area (Å²) >= 11 is 0. The van der Waals surface area contributed by atoms with Crippen LogP contribution in [0.15, 0.2) is 41.0 Å². The van der Waals surface area contributed by atoms with Crippen LogP contribution in [0, 0.1) is 11.6 Å². The largest absolute Gasteiger partial charge is 0.478 e. The molecule has 3 rings (SSSR count). The van der Waals surface area contributed by atoms with Gasteiger partial charge in [0.05, 0.1) is 17.3 Å². The maximum atomic E-state index is 13.3. The van der Waals surface area contributed by atoms with Gasteiger partial charge in [0.1, 0.15) is 5.69 Å². The molecule has 0 unspecified atom stereocenters. The maximum Gasteiger partial charge on any atom is 0.336 e. The first-order chi connectivity index (χ1) is 9.56. The summed E-state index contributed by atoms with van der Waals surface area (Å²) in [5.74, 6) is -3.11. The third-order valence-electron chi connectivity index (χ3n) is 2.85. The fraction of sp³-hybridized carbons (Fsp3) is 0. The number of fused-ring (bicyclic) bond motifs is 1. The van der Waals surface area contributed by atoms with Gasteiger partial charge in [0.2, 0.25) is 0 Å². The lowest BCUT2D eigenvalue weighted by molar-refractivity contribution is 0.0699. The lowest BCUT2D eigenvalue weighted by Gasteiger charge is -2.06. The number of rotatable bonds is 2. The van der Waals surface area contributed by atoms with Crippen molar-refractivity contribution >= 4 is 16.9 Å². The highest BCUT2D eigenvalue weighted by molar-refractivity contribution is 6.03. The van der Waals surface area contributed by atoms with E-state index in [1.807, 2.05) is 0 Å². The zero-order valence-corrected chi connectivity index (χ0v) is 9.93. The second-order valence-electron chi connectivity index (χ2n) is 4.12. The van der Waals surface area contributed by atoms with Crippen LogP contribution in [0.1, 0.15) is 10.4 Å². The molecule has 2 heterocycles. The molecule has 0 spiro atoms. The molecule has 6 heteroatoms. The van der Waals surface area contributed by atoms with E-state index in [2.05, 4.69) is 4.98 Å². The van der Waals surface area contributed by atoms with Crippen LogP contribution in [0.2, 0.25) is 0 Å². The van der Waals surface area contributed by atoms with Gasteiger partial charge in [0, 0.05) is 11.5 Å². The van der Waals surface area contributed by atoms with Crippen LogP contribution in [0.3, 0.4) is 0 Å². The smallest absolute Gasteiger partial charge is 0.336 e. The van der Waals surface area contributed by atoms with Gasteiger partial charge in [-0.15, -0.1) is 0 Å². The topological polar surface area (TPSA) is 63.3 Å². The molecule has 1 aromatic carbocycles. The highest BCUT2D eigenvalue weighted by atomic mass is 19.2. The summed E-state index contributed by atoms with van der Waals surface area (Å²) in [6.07, 6.45) is 1.41. The lowest BCUT2D eigenvalue weighted by Crippen LogP contribution is -2.01. The third-order valence-corrected chi connectivity index (χ3v) is 2.85. The molecule has 0 fully saturated rings. The van der Waals surface area contributed by atoms with Crippen LogP contribution in [-0.2, 0) is 0 Å². The summed E-state index contributed by atoms with van der Waals surface area (Å²) in [4.78, 5) is 15.4. The van der Waals surface area contributed by atoms with E-state index >= 15 is 0 Å². The second-order valence-corrected chi connectivity index (χ2v) is 4.12. The van der Waals surface area contributed by atoms with E-state index < -0.39 is 17.6 Å². The maximum absolute atomic E-state index is 13.3. The molecular weight excluding hydrogens is 268 g/mol. The van der Waals surface area contributed by atoms with Crippen molar-refractivity contribution in [2.75, 3.05) is 0 Å². The van der Waals surface area contributed by atoms with Crippen molar-refractivity contribution in [3.63, 3.8) is 0 Å². The molecule has 0 radical (unpaired) electrons. The van der Waals surface area contributed by atoms with Gasteiger partial charge in [0.25, 0.3) is 0 Å². The molecule has 0 saturated carbocycles. The molecule has 100 valence electrons. The van der Waals surface area contributed by atoms with Crippen molar-refractivity contribution in [1.29, 1.82) is 0 Å². The molecule has 0 amide bonds. The number of hydrogen-bond acceptors (Lipinski definition) is 3. The van der Waals surface area contributed by atoms with E-state index in [1.165, 1.54) is 12.3 Å². The molecule has 0 saturated heterocycles. The number of aromatic nitrogens is 1. The van der Waals surface area contributed by atoms with Gasteiger partial charge in [-0.05, 0) is 24.3 Å². The molecule has 0 atom stereocenters. The Morgan fingerprint density at radius 2 is 1.95 bits per heavy atom. The predicted octanol–water partition coefficient (Wildman–Crippen LogP) is 3.47. The number of aromatic carboxylic acids is 1. The Morgan fingerprint density at radius 3 is 2.60 bits per heavy atom. The standard InChI is InChI=1S/C14H7F2NO3/c15-9-4-7-8(14(18)19)5-12(13-2-1-3-20-13)17-11(7)6-10(9)16/h1-6H,(H,18,19). The fourth-order valence-corrected chi connectivity index (χ4v) is 1.95. The van der Waals surface area contributed by atoms with E-state index in [0.717, 1.165) is 12.1 Å². The normalized spacial score (nSPS) is 10.9. The lowest BCUT2D eigenvalue weighted by atomic mass is 10.1. The first kappa shape index (κ1) is 12.3. The van der Waals surface area contributed by atoms with Crippen LogP contribution in [-0.4, -0.2) is 16.1 Å². The highest BCUT2D eigenvalue weighted by Gasteiger charge is 2.16. The number of pyridine rings is 1. The van der Waals surface area contributed by atoms with Crippen molar-refractivity contribution < 1.29 is 23.1 Å². The Labute approximate surface area is 111 Å². The molecular formula is C14H7F2NO3. The Hall–Kier alpha value is -2.76. The summed E-state index contributed by atoms with van der Waals surface area (Å²) in [7, 11) is 0. The fourth-order valence-electron chi connectivity index (χ4n) is 1.95. The average molecular weight is 275 g/mol. The number of halogens is 2. The van der Waals surface area contributed by atoms with Crippen molar-refractivity contribution in [2.45, 2.75) is 0 Å². The molecule has 2 aromatic heterocycles. The third kappa shape index (κ3) is 1.91. The van der Waals surface area contributed by atoms with Crippen LogP contribution < -0.4 is 0 Å². The van der Waals surface area contributed by atoms with Gasteiger partial charge in [-0.3, -0.25) is 0 Å². The van der Waals surface area contributed by atoms with Crippen molar-refractivity contribution in [2.24, 2.45) is 0 Å².